The van der Waals surface area contributed by atoms with E-state index in [1.54, 1.807) is 17.7 Å². The van der Waals surface area contributed by atoms with Crippen LogP contribution in [0.25, 0.3) is 5.69 Å². The molecule has 2 atom stereocenters. The van der Waals surface area contributed by atoms with E-state index in [1.807, 2.05) is 49.3 Å². The first kappa shape index (κ1) is 30.4. The van der Waals surface area contributed by atoms with Gasteiger partial charge in [-0.05, 0) is 56.9 Å². The number of fused-ring (bicyclic) bond motifs is 1. The Labute approximate surface area is 250 Å². The molecule has 5 rings (SSSR count). The van der Waals surface area contributed by atoms with E-state index in [9.17, 15) is 32.9 Å². The highest BCUT2D eigenvalue weighted by Crippen LogP contribution is 2.44. The minimum absolute atomic E-state index is 0.184. The molecule has 10 nitrogen and oxygen atoms in total. The van der Waals surface area contributed by atoms with Gasteiger partial charge in [0.25, 0.3) is 17.5 Å². The number of halogens is 3. The van der Waals surface area contributed by atoms with E-state index in [-0.39, 0.29) is 17.8 Å². The maximum atomic E-state index is 14.3. The molecule has 2 heterocycles. The number of carbonyl (C=O) groups is 2. The third-order valence-electron chi connectivity index (χ3n) is 7.37. The Balaban J connectivity index is 1.73. The molecule has 0 fully saturated rings. The van der Waals surface area contributed by atoms with Gasteiger partial charge in [-0.1, -0.05) is 36.4 Å². The fourth-order valence-corrected chi connectivity index (χ4v) is 5.49. The molecule has 0 unspecified atom stereocenters. The lowest BCUT2D eigenvalue weighted by Crippen LogP contribution is -2.55. The molecule has 4 aromatic rings. The lowest BCUT2D eigenvalue weighted by molar-refractivity contribution is -0.384. The Hall–Kier alpha value is -5.04. The molecule has 2 amide bonds. The van der Waals surface area contributed by atoms with Crippen molar-refractivity contribution in [3.05, 3.63) is 117 Å². The molecule has 0 spiro atoms. The molecule has 0 aliphatic carbocycles. The molecule has 1 aliphatic heterocycles. The number of nitro groups is 1. The lowest BCUT2D eigenvalue weighted by atomic mass is 9.80. The maximum absolute atomic E-state index is 14.3. The van der Waals surface area contributed by atoms with Crippen LogP contribution in [0.5, 0.6) is 0 Å². The van der Waals surface area contributed by atoms with Crippen molar-refractivity contribution < 1.29 is 27.7 Å². The quantitative estimate of drug-likeness (QED) is 0.219. The summed E-state index contributed by atoms with van der Waals surface area (Å²) in [5.41, 5.74) is 0.657. The Kier molecular flexibility index (Phi) is 8.24. The number of carbonyl (C=O) groups excluding carboxylic acids is 2. The molecular weight excluding hydrogens is 577 g/mol. The predicted molar refractivity (Wildman–Crippen MR) is 157 cm³/mol. The van der Waals surface area contributed by atoms with Crippen molar-refractivity contribution in [3.63, 3.8) is 0 Å². The van der Waals surface area contributed by atoms with Gasteiger partial charge >= 0.3 is 6.18 Å². The number of hydrogen-bond donors (Lipinski definition) is 1. The van der Waals surface area contributed by atoms with E-state index >= 15 is 0 Å². The highest BCUT2D eigenvalue weighted by Gasteiger charge is 2.46. The number of anilines is 1. The zero-order valence-corrected chi connectivity index (χ0v) is 24.1. The Bertz CT molecular complexity index is 1720. The van der Waals surface area contributed by atoms with E-state index in [4.69, 9.17) is 5.10 Å². The monoisotopic (exact) mass is 606 g/mol. The molecule has 13 heteroatoms. The summed E-state index contributed by atoms with van der Waals surface area (Å²) >= 11 is 0. The summed E-state index contributed by atoms with van der Waals surface area (Å²) in [4.78, 5) is 42.3. The lowest BCUT2D eigenvalue weighted by Gasteiger charge is -2.38. The fourth-order valence-electron chi connectivity index (χ4n) is 5.49. The summed E-state index contributed by atoms with van der Waals surface area (Å²) in [6.45, 7) is 2.27. The van der Waals surface area contributed by atoms with Gasteiger partial charge in [-0.25, -0.2) is 4.68 Å². The van der Waals surface area contributed by atoms with Crippen LogP contribution in [-0.2, 0) is 17.5 Å². The van der Waals surface area contributed by atoms with Gasteiger partial charge in [0.1, 0.15) is 11.9 Å². The zero-order chi connectivity index (χ0) is 31.8. The van der Waals surface area contributed by atoms with Crippen molar-refractivity contribution in [3.8, 4) is 5.69 Å². The van der Waals surface area contributed by atoms with Crippen LogP contribution >= 0.6 is 0 Å². The van der Waals surface area contributed by atoms with Gasteiger partial charge in [-0.2, -0.15) is 18.3 Å². The SMILES string of the molecule is CCN1C(=O)[C@H](NC(=O)c2cccc(C(F)(F)F)c2)[C@@H](c2cccc([N+](=O)[O-])c2)c2c(CN(C)C)nn(-c3ccccc3)c21. The number of likely N-dealkylation sites (N-methyl/N-ethyl adjacent to an activating group) is 1. The van der Waals surface area contributed by atoms with Crippen LogP contribution < -0.4 is 10.2 Å². The second kappa shape index (κ2) is 11.9. The first-order valence-corrected chi connectivity index (χ1v) is 13.8. The van der Waals surface area contributed by atoms with Gasteiger partial charge in [-0.15, -0.1) is 0 Å². The summed E-state index contributed by atoms with van der Waals surface area (Å²) in [5.74, 6) is -1.94. The number of benzene rings is 3. The van der Waals surface area contributed by atoms with Crippen molar-refractivity contribution in [2.75, 3.05) is 25.5 Å². The Morgan fingerprint density at radius 3 is 2.39 bits per heavy atom. The van der Waals surface area contributed by atoms with E-state index < -0.39 is 40.4 Å². The molecule has 0 saturated carbocycles. The molecule has 0 radical (unpaired) electrons. The number of aromatic nitrogens is 2. The normalized spacial score (nSPS) is 16.6. The third-order valence-corrected chi connectivity index (χ3v) is 7.37. The molecule has 1 aliphatic rings. The van der Waals surface area contributed by atoms with Gasteiger partial charge in [0, 0.05) is 42.3 Å². The molecule has 0 bridgehead atoms. The van der Waals surface area contributed by atoms with Crippen LogP contribution in [-0.4, -0.2) is 58.1 Å². The Morgan fingerprint density at radius 2 is 1.75 bits per heavy atom. The smallest absolute Gasteiger partial charge is 0.339 e. The Morgan fingerprint density at radius 1 is 1.05 bits per heavy atom. The van der Waals surface area contributed by atoms with Crippen LogP contribution in [0, 0.1) is 10.1 Å². The average Bonchev–Trinajstić information content (AvgIpc) is 3.35. The van der Waals surface area contributed by atoms with Crippen molar-refractivity contribution in [2.45, 2.75) is 31.6 Å². The number of nitrogens with one attached hydrogen (secondary N) is 1. The van der Waals surface area contributed by atoms with Gasteiger partial charge in [0.15, 0.2) is 0 Å². The van der Waals surface area contributed by atoms with Crippen LogP contribution in [0.15, 0.2) is 78.9 Å². The van der Waals surface area contributed by atoms with Crippen LogP contribution in [0.4, 0.5) is 24.7 Å². The number of alkyl halides is 3. The second-order valence-corrected chi connectivity index (χ2v) is 10.6. The number of para-hydroxylation sites is 1. The number of amides is 2. The van der Waals surface area contributed by atoms with Crippen LogP contribution in [0.2, 0.25) is 0 Å². The summed E-state index contributed by atoms with van der Waals surface area (Å²) < 4.78 is 41.9. The number of nitro benzene ring substituents is 1. The minimum Gasteiger partial charge on any atom is -0.339 e. The highest BCUT2D eigenvalue weighted by atomic mass is 19.4. The fraction of sp³-hybridized carbons (Fsp3) is 0.258. The van der Waals surface area contributed by atoms with Crippen molar-refractivity contribution >= 4 is 23.3 Å². The topological polar surface area (TPSA) is 114 Å². The van der Waals surface area contributed by atoms with Crippen molar-refractivity contribution in [2.24, 2.45) is 0 Å². The molecule has 1 N–H and O–H groups in total. The summed E-state index contributed by atoms with van der Waals surface area (Å²) in [7, 11) is 3.68. The molecule has 228 valence electrons. The minimum atomic E-state index is -4.68. The first-order chi connectivity index (χ1) is 20.9. The first-order valence-electron chi connectivity index (χ1n) is 13.8. The third kappa shape index (κ3) is 5.78. The molecule has 3 aromatic carbocycles. The van der Waals surface area contributed by atoms with Gasteiger partial charge in [-0.3, -0.25) is 24.6 Å². The van der Waals surface area contributed by atoms with E-state index in [2.05, 4.69) is 5.32 Å². The number of nitrogens with zero attached hydrogens (tertiary/aromatic N) is 5. The summed E-state index contributed by atoms with van der Waals surface area (Å²) in [6, 6.07) is 17.5. The van der Waals surface area contributed by atoms with Crippen LogP contribution in [0.1, 0.15) is 45.6 Å². The predicted octanol–water partition coefficient (Wildman–Crippen LogP) is 5.16. The average molecular weight is 607 g/mol. The number of rotatable bonds is 8. The number of hydrogen-bond acceptors (Lipinski definition) is 6. The summed E-state index contributed by atoms with van der Waals surface area (Å²) in [6.07, 6.45) is -4.68. The maximum Gasteiger partial charge on any atom is 0.416 e. The zero-order valence-electron chi connectivity index (χ0n) is 24.1. The molecule has 0 saturated heterocycles. The largest absolute Gasteiger partial charge is 0.416 e. The molecule has 44 heavy (non-hydrogen) atoms. The van der Waals surface area contributed by atoms with Crippen molar-refractivity contribution in [1.29, 1.82) is 0 Å². The highest BCUT2D eigenvalue weighted by molar-refractivity contribution is 6.05. The number of non-ortho nitro benzene ring substituents is 1. The summed E-state index contributed by atoms with van der Waals surface area (Å²) in [5, 5.41) is 19.3. The van der Waals surface area contributed by atoms with E-state index in [1.165, 1.54) is 29.2 Å². The second-order valence-electron chi connectivity index (χ2n) is 10.6. The van der Waals surface area contributed by atoms with Gasteiger partial charge < -0.3 is 10.2 Å². The molecular formula is C31H29F3N6O4. The van der Waals surface area contributed by atoms with Gasteiger partial charge in [0.2, 0.25) is 0 Å². The van der Waals surface area contributed by atoms with E-state index in [0.717, 1.165) is 18.2 Å². The molecule has 1 aromatic heterocycles. The van der Waals surface area contributed by atoms with E-state index in [0.29, 0.717) is 34.9 Å². The van der Waals surface area contributed by atoms with Gasteiger partial charge in [0.05, 0.1) is 21.9 Å². The van der Waals surface area contributed by atoms with Crippen LogP contribution in [0.3, 0.4) is 0 Å². The standard InChI is InChI=1S/C31H29F3N6O4/c1-4-38-29-26(24(18-37(2)3)36-39(29)22-13-6-5-7-14-22)25(19-10-9-15-23(17-19)40(43)44)27(30(38)42)35-28(41)20-11-8-12-21(16-20)31(32,33)34/h5-17,25,27H,4,18H2,1-3H3,(H,35,41)/t25-,27+/m0/s1. The van der Waals surface area contributed by atoms with Crippen molar-refractivity contribution in [1.82, 2.24) is 20.0 Å².